The van der Waals surface area contributed by atoms with E-state index in [1.165, 1.54) is 49.7 Å². The van der Waals surface area contributed by atoms with Crippen molar-refractivity contribution in [3.63, 3.8) is 0 Å². The van der Waals surface area contributed by atoms with Gasteiger partial charge in [-0.25, -0.2) is 0 Å². The minimum atomic E-state index is -4.20. The first-order chi connectivity index (χ1) is 28.0. The molecule has 0 spiro atoms. The largest absolute Gasteiger partial charge is 0.483 e. The maximum atomic E-state index is 13.9. The highest BCUT2D eigenvalue weighted by Crippen LogP contribution is 2.52. The number of carbonyl (C=O) groups is 2. The Morgan fingerprint density at radius 1 is 0.831 bits per heavy atom. The van der Waals surface area contributed by atoms with E-state index in [1.807, 2.05) is 20.8 Å². The molecule has 3 aliphatic rings. The summed E-state index contributed by atoms with van der Waals surface area (Å²) in [4.78, 5) is 27.1. The van der Waals surface area contributed by atoms with Crippen molar-refractivity contribution in [1.82, 2.24) is 5.32 Å². The Hall–Kier alpha value is -5.19. The molecule has 314 valence electrons. The van der Waals surface area contributed by atoms with Crippen molar-refractivity contribution in [1.29, 1.82) is 0 Å². The first-order valence-electron chi connectivity index (χ1n) is 20.7. The van der Waals surface area contributed by atoms with Gasteiger partial charge in [0.05, 0.1) is 17.2 Å². The standard InChI is InChI=1S/C46H53N3O4S.C2H6.CH2O2/c1-8-48-37-22-20-33-14-10-12-16-35(33)41(37)44(3,4)39(48)24-18-31-28-32(30-46(7,29-31)43(50)47-26-27-54(51,52)53)19-25-40-45(5,6)42-36-17-13-11-15-34(36)21-23-38(42)49(40)9-2;1-2;2-1-3/h10-25,28,39H,8-9,26-27,29-30H2,1-7H3,(H,47,50)(H,51,52,53);1-2H3;1H,(H,2,3)/b24-18+,32-19-,40-25+;;. The number of carbonyl (C=O) groups excluding carboxylic acids is 1. The van der Waals surface area contributed by atoms with Crippen molar-refractivity contribution in [2.75, 3.05) is 35.2 Å². The molecule has 9 nitrogen and oxygen atoms in total. The van der Waals surface area contributed by atoms with Gasteiger partial charge in [0.2, 0.25) is 5.91 Å². The summed E-state index contributed by atoms with van der Waals surface area (Å²) in [5.41, 5.74) is 7.19. The molecule has 10 heteroatoms. The SMILES string of the molecule is CC.CCN1/C(=C/C=C2C=C(/C=C/C3N(CC)c4ccc5ccccc5c4C3(C)C)CC(C)(C(=O)NCCS(=O)(=O)O)C/2)C(C)(C)c2c1ccc1ccccc21.O=CO. The molecule has 0 aromatic heterocycles. The average Bonchev–Trinajstić information content (AvgIpc) is 3.57. The Balaban J connectivity index is 0.00000127. The number of hydrogen-bond acceptors (Lipinski definition) is 6. The molecule has 4 aromatic rings. The molecule has 2 aliphatic heterocycles. The maximum Gasteiger partial charge on any atom is 0.290 e. The van der Waals surface area contributed by atoms with Crippen LogP contribution < -0.4 is 15.1 Å². The topological polar surface area (TPSA) is 127 Å². The molecule has 7 rings (SSSR count). The van der Waals surface area contributed by atoms with E-state index in [9.17, 15) is 17.8 Å². The lowest BCUT2D eigenvalue weighted by atomic mass is 9.72. The van der Waals surface area contributed by atoms with Crippen LogP contribution in [0.4, 0.5) is 11.4 Å². The van der Waals surface area contributed by atoms with Gasteiger partial charge in [0.1, 0.15) is 0 Å². The minimum Gasteiger partial charge on any atom is -0.483 e. The lowest BCUT2D eigenvalue weighted by Crippen LogP contribution is -2.42. The van der Waals surface area contributed by atoms with E-state index in [0.717, 1.165) is 24.2 Å². The van der Waals surface area contributed by atoms with E-state index in [1.54, 1.807) is 0 Å². The number of hydrogen-bond donors (Lipinski definition) is 3. The van der Waals surface area contributed by atoms with Crippen LogP contribution in [0.2, 0.25) is 0 Å². The second kappa shape index (κ2) is 18.0. The van der Waals surface area contributed by atoms with Gasteiger partial charge in [0, 0.05) is 47.5 Å². The summed E-state index contributed by atoms with van der Waals surface area (Å²) in [7, 11) is -4.20. The third-order valence-electron chi connectivity index (χ3n) is 12.0. The average molecular weight is 820 g/mol. The van der Waals surface area contributed by atoms with Gasteiger partial charge < -0.3 is 20.2 Å². The zero-order valence-corrected chi connectivity index (χ0v) is 36.9. The molecule has 0 fully saturated rings. The molecule has 2 unspecified atom stereocenters. The van der Waals surface area contributed by atoms with E-state index in [4.69, 9.17) is 9.90 Å². The second-order valence-electron chi connectivity index (χ2n) is 16.6. The van der Waals surface area contributed by atoms with E-state index in [-0.39, 0.29) is 35.8 Å². The lowest BCUT2D eigenvalue weighted by Gasteiger charge is -2.34. The summed E-state index contributed by atoms with van der Waals surface area (Å²) in [5.74, 6) is -0.753. The number of anilines is 2. The number of carboxylic acid groups (broad SMARTS) is 1. The van der Waals surface area contributed by atoms with E-state index >= 15 is 0 Å². The van der Waals surface area contributed by atoms with E-state index < -0.39 is 21.3 Å². The molecule has 2 heterocycles. The highest BCUT2D eigenvalue weighted by atomic mass is 32.2. The first kappa shape index (κ1) is 44.9. The monoisotopic (exact) mass is 819 g/mol. The smallest absolute Gasteiger partial charge is 0.290 e. The maximum absolute atomic E-state index is 13.9. The third kappa shape index (κ3) is 8.89. The summed E-state index contributed by atoms with van der Waals surface area (Å²) in [5, 5.41) is 14.7. The number of amides is 1. The summed E-state index contributed by atoms with van der Waals surface area (Å²) in [6.07, 6.45) is 12.1. The predicted octanol–water partition coefficient (Wildman–Crippen LogP) is 10.1. The molecule has 0 radical (unpaired) electrons. The van der Waals surface area contributed by atoms with E-state index in [2.05, 4.69) is 160 Å². The molecule has 0 saturated carbocycles. The zero-order chi connectivity index (χ0) is 43.3. The molecule has 59 heavy (non-hydrogen) atoms. The van der Waals surface area contributed by atoms with Crippen LogP contribution in [0.1, 0.15) is 86.3 Å². The van der Waals surface area contributed by atoms with Crippen molar-refractivity contribution >= 4 is 55.4 Å². The van der Waals surface area contributed by atoms with Crippen LogP contribution in [0.15, 0.2) is 120 Å². The minimum absolute atomic E-state index is 0.0984. The van der Waals surface area contributed by atoms with Crippen molar-refractivity contribution in [2.45, 2.75) is 92.0 Å². The number of likely N-dealkylation sites (N-methyl/N-ethyl adjacent to an activating group) is 2. The van der Waals surface area contributed by atoms with Crippen LogP contribution in [-0.2, 0) is 30.5 Å². The molecule has 4 aromatic carbocycles. The summed E-state index contributed by atoms with van der Waals surface area (Å²) in [6.45, 7) is 20.9. The van der Waals surface area contributed by atoms with Gasteiger partial charge in [-0.1, -0.05) is 133 Å². The summed E-state index contributed by atoms with van der Waals surface area (Å²) < 4.78 is 32.3. The van der Waals surface area contributed by atoms with Gasteiger partial charge >= 0.3 is 0 Å². The van der Waals surface area contributed by atoms with Crippen LogP contribution in [0.25, 0.3) is 21.5 Å². The molecular weight excluding hydrogens is 759 g/mol. The normalized spacial score (nSPS) is 21.7. The van der Waals surface area contributed by atoms with Crippen molar-refractivity contribution in [2.24, 2.45) is 5.41 Å². The molecule has 3 N–H and O–H groups in total. The van der Waals surface area contributed by atoms with Gasteiger partial charge in [-0.05, 0) is 88.7 Å². The molecule has 1 amide bonds. The Kier molecular flexibility index (Phi) is 13.7. The molecular formula is C49H61N3O6S. The summed E-state index contributed by atoms with van der Waals surface area (Å²) >= 11 is 0. The zero-order valence-electron chi connectivity index (χ0n) is 36.0. The van der Waals surface area contributed by atoms with Crippen LogP contribution in [0.3, 0.4) is 0 Å². The Morgan fingerprint density at radius 3 is 1.98 bits per heavy atom. The predicted molar refractivity (Wildman–Crippen MR) is 244 cm³/mol. The number of fused-ring (bicyclic) bond motifs is 6. The van der Waals surface area contributed by atoms with Crippen LogP contribution in [-0.4, -0.2) is 61.9 Å². The second-order valence-corrected chi connectivity index (χ2v) is 18.2. The number of benzene rings is 4. The van der Waals surface area contributed by atoms with Crippen molar-refractivity contribution < 1.29 is 27.7 Å². The van der Waals surface area contributed by atoms with Gasteiger partial charge in [0.25, 0.3) is 16.6 Å². The fraction of sp³-hybridized carbons (Fsp3) is 0.388. The van der Waals surface area contributed by atoms with Gasteiger partial charge in [-0.3, -0.25) is 14.1 Å². The van der Waals surface area contributed by atoms with Crippen LogP contribution >= 0.6 is 0 Å². The quantitative estimate of drug-likeness (QED) is 0.113. The van der Waals surface area contributed by atoms with E-state index in [0.29, 0.717) is 12.8 Å². The van der Waals surface area contributed by atoms with Crippen LogP contribution in [0.5, 0.6) is 0 Å². The Morgan fingerprint density at radius 2 is 1.41 bits per heavy atom. The molecule has 0 saturated heterocycles. The fourth-order valence-corrected chi connectivity index (χ4v) is 9.90. The number of rotatable bonds is 9. The van der Waals surface area contributed by atoms with Gasteiger partial charge in [-0.15, -0.1) is 0 Å². The van der Waals surface area contributed by atoms with Gasteiger partial charge in [0.15, 0.2) is 0 Å². The Bertz CT molecular complexity index is 2440. The molecule has 0 bridgehead atoms. The third-order valence-corrected chi connectivity index (χ3v) is 12.8. The highest BCUT2D eigenvalue weighted by molar-refractivity contribution is 7.85. The summed E-state index contributed by atoms with van der Waals surface area (Å²) in [6, 6.07) is 26.2. The highest BCUT2D eigenvalue weighted by Gasteiger charge is 2.44. The number of nitrogens with zero attached hydrogens (tertiary/aromatic N) is 2. The molecule has 1 aliphatic carbocycles. The van der Waals surface area contributed by atoms with Crippen molar-refractivity contribution in [3.05, 3.63) is 131 Å². The number of allylic oxidation sites excluding steroid dienone is 7. The Labute approximate surface area is 350 Å². The first-order valence-corrected chi connectivity index (χ1v) is 22.3. The number of nitrogens with one attached hydrogen (secondary N) is 1. The van der Waals surface area contributed by atoms with Crippen LogP contribution in [0, 0.1) is 5.41 Å². The molecule has 2 atom stereocenters. The lowest BCUT2D eigenvalue weighted by molar-refractivity contribution is -0.130. The fourth-order valence-electron chi connectivity index (χ4n) is 9.54. The van der Waals surface area contributed by atoms with Gasteiger partial charge in [-0.2, -0.15) is 8.42 Å². The van der Waals surface area contributed by atoms with Crippen molar-refractivity contribution in [3.8, 4) is 0 Å².